The minimum atomic E-state index is -0.529. The molecule has 0 aromatic heterocycles. The van der Waals surface area contributed by atoms with Gasteiger partial charge in [0.1, 0.15) is 5.78 Å². The van der Waals surface area contributed by atoms with Gasteiger partial charge in [0.25, 0.3) is 0 Å². The molecule has 3 rings (SSSR count). The maximum absolute atomic E-state index is 13.2. The highest BCUT2D eigenvalue weighted by atomic mass is 16.5. The Kier molecular flexibility index (Phi) is 11.4. The standard InChI is InChI=1S/C31H50O4/c1-3-5-7-13-26(27(32)14-8-6-4-2)28(33)17-15-24-16-18-29(34)30(22-24)35-25-12-11-21-31(23-25)19-9-10-20-31/h16,18,22,25-27,32,34H,3-15,17,19-21,23H2,1-2H3/t25-,26+,27+/m0/s1. The van der Waals surface area contributed by atoms with Crippen molar-refractivity contribution in [3.63, 3.8) is 0 Å². The van der Waals surface area contributed by atoms with E-state index in [2.05, 4.69) is 13.8 Å². The Bertz CT molecular complexity index is 767. The van der Waals surface area contributed by atoms with Crippen LogP contribution in [0.3, 0.4) is 0 Å². The van der Waals surface area contributed by atoms with Crippen molar-refractivity contribution in [1.82, 2.24) is 0 Å². The minimum Gasteiger partial charge on any atom is -0.504 e. The number of aromatic hydroxyl groups is 1. The molecule has 2 saturated carbocycles. The lowest BCUT2D eigenvalue weighted by Crippen LogP contribution is -2.32. The molecule has 1 spiro atoms. The molecule has 2 aliphatic rings. The molecule has 0 saturated heterocycles. The van der Waals surface area contributed by atoms with Gasteiger partial charge in [-0.05, 0) is 80.9 Å². The van der Waals surface area contributed by atoms with E-state index in [1.807, 2.05) is 12.1 Å². The van der Waals surface area contributed by atoms with Crippen molar-refractivity contribution >= 4 is 5.78 Å². The number of phenolic OH excluding ortho intramolecular Hbond substituents is 1. The van der Waals surface area contributed by atoms with E-state index in [1.54, 1.807) is 6.07 Å². The molecule has 0 bridgehead atoms. The molecule has 2 fully saturated rings. The molecule has 1 aromatic carbocycles. The van der Waals surface area contributed by atoms with E-state index >= 15 is 0 Å². The summed E-state index contributed by atoms with van der Waals surface area (Å²) in [5.41, 5.74) is 1.48. The van der Waals surface area contributed by atoms with Crippen molar-refractivity contribution in [2.75, 3.05) is 0 Å². The van der Waals surface area contributed by atoms with Crippen molar-refractivity contribution in [2.45, 2.75) is 142 Å². The van der Waals surface area contributed by atoms with Crippen LogP contribution < -0.4 is 4.74 Å². The van der Waals surface area contributed by atoms with Gasteiger partial charge in [0.05, 0.1) is 12.2 Å². The molecule has 0 amide bonds. The minimum absolute atomic E-state index is 0.172. The van der Waals surface area contributed by atoms with Gasteiger partial charge in [-0.2, -0.15) is 0 Å². The number of aliphatic hydroxyl groups excluding tert-OH is 1. The molecule has 0 aliphatic heterocycles. The van der Waals surface area contributed by atoms with Gasteiger partial charge in [-0.1, -0.05) is 71.3 Å². The smallest absolute Gasteiger partial charge is 0.161 e. The van der Waals surface area contributed by atoms with E-state index in [9.17, 15) is 15.0 Å². The lowest BCUT2D eigenvalue weighted by atomic mass is 9.72. The molecule has 4 heteroatoms. The maximum atomic E-state index is 13.2. The van der Waals surface area contributed by atoms with Gasteiger partial charge in [0, 0.05) is 12.3 Å². The van der Waals surface area contributed by atoms with Gasteiger partial charge >= 0.3 is 0 Å². The Morgan fingerprint density at radius 3 is 2.43 bits per heavy atom. The Morgan fingerprint density at radius 2 is 1.71 bits per heavy atom. The monoisotopic (exact) mass is 486 g/mol. The summed E-state index contributed by atoms with van der Waals surface area (Å²) >= 11 is 0. The zero-order chi connectivity index (χ0) is 25.1. The summed E-state index contributed by atoms with van der Waals surface area (Å²) in [4.78, 5) is 13.2. The van der Waals surface area contributed by atoms with Crippen LogP contribution in [0.2, 0.25) is 0 Å². The summed E-state index contributed by atoms with van der Waals surface area (Å²) in [6.45, 7) is 4.33. The Morgan fingerprint density at radius 1 is 1.03 bits per heavy atom. The molecule has 2 aliphatic carbocycles. The number of benzene rings is 1. The van der Waals surface area contributed by atoms with Crippen molar-refractivity contribution in [3.8, 4) is 11.5 Å². The maximum Gasteiger partial charge on any atom is 0.161 e. The molecule has 1 aromatic rings. The zero-order valence-corrected chi connectivity index (χ0v) is 22.4. The largest absolute Gasteiger partial charge is 0.504 e. The highest BCUT2D eigenvalue weighted by Gasteiger charge is 2.39. The van der Waals surface area contributed by atoms with E-state index in [4.69, 9.17) is 4.74 Å². The van der Waals surface area contributed by atoms with Crippen LogP contribution in [-0.4, -0.2) is 28.2 Å². The van der Waals surface area contributed by atoms with E-state index in [0.717, 1.165) is 69.8 Å². The molecular weight excluding hydrogens is 436 g/mol. The van der Waals surface area contributed by atoms with Crippen LogP contribution in [0.25, 0.3) is 0 Å². The fourth-order valence-corrected chi connectivity index (χ4v) is 6.50. The van der Waals surface area contributed by atoms with Crippen molar-refractivity contribution in [2.24, 2.45) is 11.3 Å². The third-order valence-electron chi connectivity index (χ3n) is 8.64. The molecule has 198 valence electrons. The third-order valence-corrected chi connectivity index (χ3v) is 8.64. The predicted molar refractivity (Wildman–Crippen MR) is 143 cm³/mol. The summed E-state index contributed by atoms with van der Waals surface area (Å²) in [5, 5.41) is 21.2. The molecule has 0 unspecified atom stereocenters. The Labute approximate surface area is 213 Å². The van der Waals surface area contributed by atoms with Crippen molar-refractivity contribution in [1.29, 1.82) is 0 Å². The van der Waals surface area contributed by atoms with E-state index in [-0.39, 0.29) is 23.6 Å². The number of aliphatic hydroxyl groups is 1. The van der Waals surface area contributed by atoms with Crippen LogP contribution in [0.5, 0.6) is 11.5 Å². The van der Waals surface area contributed by atoms with Gasteiger partial charge in [-0.3, -0.25) is 4.79 Å². The zero-order valence-electron chi connectivity index (χ0n) is 22.4. The molecule has 0 heterocycles. The van der Waals surface area contributed by atoms with Crippen LogP contribution in [0.15, 0.2) is 18.2 Å². The fourth-order valence-electron chi connectivity index (χ4n) is 6.50. The van der Waals surface area contributed by atoms with Gasteiger partial charge in [0.15, 0.2) is 11.5 Å². The number of hydrogen-bond donors (Lipinski definition) is 2. The highest BCUT2D eigenvalue weighted by Crippen LogP contribution is 2.49. The first kappa shape index (κ1) is 28.0. The number of ketones is 1. The average molecular weight is 487 g/mol. The Balaban J connectivity index is 1.57. The fraction of sp³-hybridized carbons (Fsp3) is 0.774. The molecular formula is C31H50O4. The molecule has 35 heavy (non-hydrogen) atoms. The topological polar surface area (TPSA) is 66.8 Å². The molecule has 3 atom stereocenters. The first-order chi connectivity index (χ1) is 17.0. The number of aryl methyl sites for hydroxylation is 1. The van der Waals surface area contributed by atoms with Crippen LogP contribution in [-0.2, 0) is 11.2 Å². The first-order valence-corrected chi connectivity index (χ1v) is 14.7. The first-order valence-electron chi connectivity index (χ1n) is 14.7. The van der Waals surface area contributed by atoms with Crippen LogP contribution >= 0.6 is 0 Å². The summed E-state index contributed by atoms with van der Waals surface area (Å²) in [6, 6.07) is 5.54. The predicted octanol–water partition coefficient (Wildman–Crippen LogP) is 7.91. The molecule has 0 radical (unpaired) electrons. The number of rotatable bonds is 15. The Hall–Kier alpha value is -1.55. The quantitative estimate of drug-likeness (QED) is 0.247. The van der Waals surface area contributed by atoms with E-state index in [0.29, 0.717) is 24.0 Å². The van der Waals surface area contributed by atoms with Crippen LogP contribution in [0.1, 0.15) is 129 Å². The normalized spacial score (nSPS) is 21.2. The van der Waals surface area contributed by atoms with Gasteiger partial charge in [0.2, 0.25) is 0 Å². The number of hydrogen-bond acceptors (Lipinski definition) is 4. The number of ether oxygens (including phenoxy) is 1. The summed E-state index contributed by atoms with van der Waals surface area (Å²) in [6.07, 6.45) is 18.6. The van der Waals surface area contributed by atoms with Crippen molar-refractivity contribution in [3.05, 3.63) is 23.8 Å². The summed E-state index contributed by atoms with van der Waals surface area (Å²) in [5.74, 6) is 0.677. The number of Topliss-reactive ketones (excluding diaryl/α,β-unsaturated/α-hetero) is 1. The number of phenols is 1. The van der Waals surface area contributed by atoms with Crippen LogP contribution in [0, 0.1) is 11.3 Å². The van der Waals surface area contributed by atoms with Gasteiger partial charge < -0.3 is 14.9 Å². The SMILES string of the molecule is CCCCC[C@@H](O)[C@@H](CCCCC)C(=O)CCc1ccc(O)c(O[C@H]2CCCC3(CCCC3)C2)c1. The van der Waals surface area contributed by atoms with E-state index < -0.39 is 6.10 Å². The van der Waals surface area contributed by atoms with E-state index in [1.165, 1.54) is 38.5 Å². The highest BCUT2D eigenvalue weighted by molar-refractivity contribution is 5.81. The third kappa shape index (κ3) is 8.51. The average Bonchev–Trinajstić information content (AvgIpc) is 3.29. The second-order valence-corrected chi connectivity index (χ2v) is 11.5. The summed E-state index contributed by atoms with van der Waals surface area (Å²) < 4.78 is 6.35. The number of carbonyl (C=O) groups excluding carboxylic acids is 1. The van der Waals surface area contributed by atoms with Gasteiger partial charge in [-0.25, -0.2) is 0 Å². The number of unbranched alkanes of at least 4 members (excludes halogenated alkanes) is 4. The molecule has 2 N–H and O–H groups in total. The second-order valence-electron chi connectivity index (χ2n) is 11.5. The lowest BCUT2D eigenvalue weighted by molar-refractivity contribution is -0.126. The van der Waals surface area contributed by atoms with Crippen LogP contribution in [0.4, 0.5) is 0 Å². The van der Waals surface area contributed by atoms with Gasteiger partial charge in [-0.15, -0.1) is 0 Å². The lowest BCUT2D eigenvalue weighted by Gasteiger charge is -2.38. The second kappa shape index (κ2) is 14.3. The van der Waals surface area contributed by atoms with Crippen molar-refractivity contribution < 1.29 is 19.7 Å². The number of carbonyl (C=O) groups is 1. The molecule has 4 nitrogen and oxygen atoms in total. The summed E-state index contributed by atoms with van der Waals surface area (Å²) in [7, 11) is 0.